The van der Waals surface area contributed by atoms with Crippen molar-refractivity contribution < 1.29 is 0 Å². The second-order valence-corrected chi connectivity index (χ2v) is 20.1. The highest BCUT2D eigenvalue weighted by Crippen LogP contribution is 2.58. The fourth-order valence-electron chi connectivity index (χ4n) is 12.4. The zero-order chi connectivity index (χ0) is 44.0. The van der Waals surface area contributed by atoms with Crippen LogP contribution in [0.25, 0.3) is 72.0 Å². The van der Waals surface area contributed by atoms with Gasteiger partial charge in [0.2, 0.25) is 0 Å². The van der Waals surface area contributed by atoms with E-state index in [0.717, 1.165) is 5.69 Å². The fraction of sp³-hybridized carbons (Fsp3) is 0.143. The maximum absolute atomic E-state index is 2.56. The molecule has 13 rings (SSSR count). The van der Waals surface area contributed by atoms with Gasteiger partial charge in [-0.1, -0.05) is 175 Å². The predicted molar refractivity (Wildman–Crippen MR) is 274 cm³/mol. The summed E-state index contributed by atoms with van der Waals surface area (Å²) in [5.74, 6) is 0. The maximum atomic E-state index is 2.56. The molecular weight excluding hydrogens is 785 g/mol. The topological polar surface area (TPSA) is 8.17 Å². The summed E-state index contributed by atoms with van der Waals surface area (Å²) in [6.45, 7) is 14.3. The lowest BCUT2D eigenvalue weighted by Gasteiger charge is -2.33. The third-order valence-electron chi connectivity index (χ3n) is 15.6. The Bertz CT molecular complexity index is 3620. The summed E-state index contributed by atoms with van der Waals surface area (Å²) in [5.41, 5.74) is 25.5. The third kappa shape index (κ3) is 5.17. The van der Waals surface area contributed by atoms with Gasteiger partial charge in [0.1, 0.15) is 0 Å². The summed E-state index contributed by atoms with van der Waals surface area (Å²) in [7, 11) is 0. The van der Waals surface area contributed by atoms with Gasteiger partial charge in [0.15, 0.2) is 0 Å². The molecule has 65 heavy (non-hydrogen) atoms. The van der Waals surface area contributed by atoms with E-state index < -0.39 is 0 Å². The number of benzene rings is 9. The van der Waals surface area contributed by atoms with Gasteiger partial charge < -0.3 is 9.47 Å². The lowest BCUT2D eigenvalue weighted by Crippen LogP contribution is -2.21. The first-order valence-electron chi connectivity index (χ1n) is 23.2. The molecule has 3 aliphatic rings. The Morgan fingerprint density at radius 3 is 1.63 bits per heavy atom. The average Bonchev–Trinajstić information content (AvgIpc) is 3.95. The Hall–Kier alpha value is -7.42. The first-order valence-corrected chi connectivity index (χ1v) is 23.2. The van der Waals surface area contributed by atoms with Crippen molar-refractivity contribution >= 4 is 38.9 Å². The number of fused-ring (bicyclic) bond motifs is 12. The second kappa shape index (κ2) is 13.3. The number of rotatable bonds is 5. The van der Waals surface area contributed by atoms with E-state index in [2.05, 4.69) is 245 Å². The molecule has 3 aliphatic carbocycles. The minimum Gasteiger partial charge on any atom is -0.310 e. The number of para-hydroxylation sites is 1. The van der Waals surface area contributed by atoms with E-state index in [9.17, 15) is 0 Å². The molecule has 312 valence electrons. The number of anilines is 3. The van der Waals surface area contributed by atoms with Crippen LogP contribution in [0.4, 0.5) is 17.1 Å². The van der Waals surface area contributed by atoms with Gasteiger partial charge >= 0.3 is 0 Å². The minimum absolute atomic E-state index is 0.0855. The SMILES string of the molecule is CC1(C)c2ccccc2-c2cc3c4cc(-c5ccc(N(c6cccc7c6-c6ccccc6C7(C)C)c6cccc7c6C(C)(C)c6ccccc6-7)cc5)ccc4n(-c4ccccc4)c3cc21. The van der Waals surface area contributed by atoms with Gasteiger partial charge in [0, 0.05) is 44.0 Å². The molecule has 0 bridgehead atoms. The summed E-state index contributed by atoms with van der Waals surface area (Å²) in [4.78, 5) is 2.56. The van der Waals surface area contributed by atoms with E-state index in [1.165, 1.54) is 117 Å². The lowest BCUT2D eigenvalue weighted by molar-refractivity contribution is 0.659. The van der Waals surface area contributed by atoms with E-state index in [4.69, 9.17) is 0 Å². The van der Waals surface area contributed by atoms with Gasteiger partial charge in [-0.2, -0.15) is 0 Å². The van der Waals surface area contributed by atoms with Crippen LogP contribution >= 0.6 is 0 Å². The number of nitrogens with zero attached hydrogens (tertiary/aromatic N) is 2. The molecule has 0 amide bonds. The fourth-order valence-corrected chi connectivity index (χ4v) is 12.4. The van der Waals surface area contributed by atoms with Crippen LogP contribution in [0.5, 0.6) is 0 Å². The van der Waals surface area contributed by atoms with Crippen LogP contribution in [0.3, 0.4) is 0 Å². The Morgan fingerprint density at radius 2 is 0.892 bits per heavy atom. The molecule has 0 radical (unpaired) electrons. The van der Waals surface area contributed by atoms with Crippen LogP contribution in [0.15, 0.2) is 194 Å². The molecule has 0 N–H and O–H groups in total. The zero-order valence-corrected chi connectivity index (χ0v) is 37.9. The second-order valence-electron chi connectivity index (χ2n) is 20.1. The van der Waals surface area contributed by atoms with E-state index in [-0.39, 0.29) is 16.2 Å². The molecular formula is C63H50N2. The summed E-state index contributed by atoms with van der Waals surface area (Å²) in [6.07, 6.45) is 0. The third-order valence-corrected chi connectivity index (χ3v) is 15.6. The van der Waals surface area contributed by atoms with Crippen molar-refractivity contribution in [1.82, 2.24) is 4.57 Å². The molecule has 0 saturated carbocycles. The highest BCUT2D eigenvalue weighted by molar-refractivity contribution is 6.13. The smallest absolute Gasteiger partial charge is 0.0544 e. The Labute approximate surface area is 382 Å². The van der Waals surface area contributed by atoms with Crippen molar-refractivity contribution in [3.8, 4) is 50.2 Å². The van der Waals surface area contributed by atoms with Crippen molar-refractivity contribution in [3.63, 3.8) is 0 Å². The van der Waals surface area contributed by atoms with Crippen LogP contribution in [0, 0.1) is 0 Å². The van der Waals surface area contributed by atoms with Crippen molar-refractivity contribution in [3.05, 3.63) is 228 Å². The molecule has 10 aromatic rings. The largest absolute Gasteiger partial charge is 0.310 e. The zero-order valence-electron chi connectivity index (χ0n) is 37.9. The summed E-state index contributed by atoms with van der Waals surface area (Å²) in [5, 5.41) is 2.54. The number of hydrogen-bond donors (Lipinski definition) is 0. The number of hydrogen-bond acceptors (Lipinski definition) is 1. The van der Waals surface area contributed by atoms with E-state index in [0.29, 0.717) is 0 Å². The monoisotopic (exact) mass is 834 g/mol. The van der Waals surface area contributed by atoms with Crippen molar-refractivity contribution in [1.29, 1.82) is 0 Å². The van der Waals surface area contributed by atoms with E-state index >= 15 is 0 Å². The maximum Gasteiger partial charge on any atom is 0.0544 e. The molecule has 0 aliphatic heterocycles. The normalized spacial score (nSPS) is 15.3. The van der Waals surface area contributed by atoms with Gasteiger partial charge in [-0.15, -0.1) is 0 Å². The Balaban J connectivity index is 1.000. The van der Waals surface area contributed by atoms with Crippen molar-refractivity contribution in [2.24, 2.45) is 0 Å². The van der Waals surface area contributed by atoms with Crippen LogP contribution in [0.1, 0.15) is 74.9 Å². The quantitative estimate of drug-likeness (QED) is 0.168. The van der Waals surface area contributed by atoms with Crippen LogP contribution in [-0.2, 0) is 16.2 Å². The molecule has 2 nitrogen and oxygen atoms in total. The minimum atomic E-state index is -0.192. The first-order chi connectivity index (χ1) is 31.5. The van der Waals surface area contributed by atoms with Gasteiger partial charge in [0.05, 0.1) is 22.4 Å². The molecule has 1 aromatic heterocycles. The van der Waals surface area contributed by atoms with E-state index in [1.54, 1.807) is 0 Å². The van der Waals surface area contributed by atoms with Crippen molar-refractivity contribution in [2.75, 3.05) is 4.90 Å². The molecule has 0 saturated heterocycles. The van der Waals surface area contributed by atoms with Gasteiger partial charge in [0.25, 0.3) is 0 Å². The highest BCUT2D eigenvalue weighted by atomic mass is 15.1. The molecule has 2 heteroatoms. The standard InChI is InChI=1S/C63H50N2/c1-61(2)52-26-15-12-22-46(52)59-53(61)27-17-28-56(59)65(57-29-16-23-45-43-20-10-14-25-51(43)63(5,6)60(45)57)42-33-30-39(31-34-42)40-32-35-55-48(36-40)49-37-47-44-21-11-13-24-50(44)62(3,4)54(47)38-58(49)64(55)41-18-8-7-9-19-41/h7-38H,1-6H3. The van der Waals surface area contributed by atoms with Gasteiger partial charge in [-0.05, 0) is 133 Å². The molecule has 0 unspecified atom stereocenters. The van der Waals surface area contributed by atoms with Crippen molar-refractivity contribution in [2.45, 2.75) is 57.8 Å². The van der Waals surface area contributed by atoms with Gasteiger partial charge in [-0.3, -0.25) is 0 Å². The summed E-state index contributed by atoms with van der Waals surface area (Å²) in [6, 6.07) is 73.1. The Morgan fingerprint density at radius 1 is 0.354 bits per heavy atom. The lowest BCUT2D eigenvalue weighted by atomic mass is 9.81. The van der Waals surface area contributed by atoms with Gasteiger partial charge in [-0.25, -0.2) is 0 Å². The highest BCUT2D eigenvalue weighted by Gasteiger charge is 2.42. The molecule has 0 fully saturated rings. The summed E-state index contributed by atoms with van der Waals surface area (Å²) < 4.78 is 2.46. The Kier molecular flexibility index (Phi) is 7.80. The molecule has 9 aromatic carbocycles. The molecule has 0 atom stereocenters. The molecule has 1 heterocycles. The summed E-state index contributed by atoms with van der Waals surface area (Å²) >= 11 is 0. The predicted octanol–water partition coefficient (Wildman–Crippen LogP) is 16.8. The van der Waals surface area contributed by atoms with E-state index in [1.807, 2.05) is 0 Å². The first kappa shape index (κ1) is 38.1. The number of aromatic nitrogens is 1. The molecule has 0 spiro atoms. The average molecular weight is 835 g/mol. The van der Waals surface area contributed by atoms with Crippen LogP contribution in [0.2, 0.25) is 0 Å². The van der Waals surface area contributed by atoms with Crippen LogP contribution in [-0.4, -0.2) is 4.57 Å². The van der Waals surface area contributed by atoms with Crippen LogP contribution < -0.4 is 4.90 Å².